The Bertz CT molecular complexity index is 679. The van der Waals surface area contributed by atoms with Gasteiger partial charge in [-0.3, -0.25) is 4.79 Å². The van der Waals surface area contributed by atoms with E-state index >= 15 is 0 Å². The zero-order valence-electron chi connectivity index (χ0n) is 11.6. The topological polar surface area (TPSA) is 55.6 Å². The van der Waals surface area contributed by atoms with Gasteiger partial charge in [0.15, 0.2) is 0 Å². The van der Waals surface area contributed by atoms with Gasteiger partial charge in [-0.2, -0.15) is 0 Å². The lowest BCUT2D eigenvalue weighted by Gasteiger charge is -2.24. The molecular formula is C16H14N2O2S2. The van der Waals surface area contributed by atoms with Gasteiger partial charge in [0.1, 0.15) is 21.5 Å². The Morgan fingerprint density at radius 2 is 1.68 bits per heavy atom. The highest BCUT2D eigenvalue weighted by Gasteiger charge is 2.42. The minimum Gasteiger partial charge on any atom is -0.426 e. The molecule has 0 bridgehead atoms. The Balaban J connectivity index is 1.76. The maximum Gasteiger partial charge on any atom is 0.328 e. The summed E-state index contributed by atoms with van der Waals surface area (Å²) in [6, 6.07) is 18.5. The molecule has 0 saturated carbocycles. The van der Waals surface area contributed by atoms with Gasteiger partial charge in [0.05, 0.1) is 0 Å². The van der Waals surface area contributed by atoms with Crippen molar-refractivity contribution in [2.75, 3.05) is 4.90 Å². The highest BCUT2D eigenvalue weighted by molar-refractivity contribution is 8.24. The molecule has 0 amide bonds. The third kappa shape index (κ3) is 2.99. The van der Waals surface area contributed by atoms with Crippen molar-refractivity contribution in [2.24, 2.45) is 5.73 Å². The fourth-order valence-corrected chi connectivity index (χ4v) is 3.71. The number of carbonyl (C=O) groups excluding carboxylic acids is 1. The minimum atomic E-state index is -0.548. The molecule has 0 unspecified atom stereocenters. The van der Waals surface area contributed by atoms with Crippen LogP contribution in [0.1, 0.15) is 0 Å². The Morgan fingerprint density at radius 1 is 1.09 bits per heavy atom. The summed E-state index contributed by atoms with van der Waals surface area (Å²) in [6.07, 6.45) is -0.545. The molecule has 3 rings (SSSR count). The van der Waals surface area contributed by atoms with Crippen molar-refractivity contribution in [3.8, 4) is 5.75 Å². The number of rotatable bonds is 3. The van der Waals surface area contributed by atoms with Crippen LogP contribution in [0.15, 0.2) is 60.7 Å². The van der Waals surface area contributed by atoms with Gasteiger partial charge < -0.3 is 15.4 Å². The number of para-hydroxylation sites is 2. The lowest BCUT2D eigenvalue weighted by atomic mass is 10.2. The predicted octanol–water partition coefficient (Wildman–Crippen LogP) is 2.78. The number of ether oxygens (including phenoxy) is 1. The van der Waals surface area contributed by atoms with Crippen LogP contribution in [0.2, 0.25) is 0 Å². The Labute approximate surface area is 138 Å². The van der Waals surface area contributed by atoms with Crippen molar-refractivity contribution in [2.45, 2.75) is 11.4 Å². The van der Waals surface area contributed by atoms with Crippen molar-refractivity contribution in [1.29, 1.82) is 0 Å². The number of thioether (sulfide) groups is 1. The molecule has 22 heavy (non-hydrogen) atoms. The van der Waals surface area contributed by atoms with Crippen molar-refractivity contribution < 1.29 is 9.53 Å². The molecule has 0 radical (unpaired) electrons. The summed E-state index contributed by atoms with van der Waals surface area (Å²) in [5, 5.41) is -0.548. The molecule has 0 aromatic heterocycles. The van der Waals surface area contributed by atoms with E-state index in [0.717, 1.165) is 5.69 Å². The van der Waals surface area contributed by atoms with Crippen LogP contribution in [0, 0.1) is 0 Å². The lowest BCUT2D eigenvalue weighted by molar-refractivity contribution is -0.134. The first-order chi connectivity index (χ1) is 10.7. The fraction of sp³-hybridized carbons (Fsp3) is 0.125. The van der Waals surface area contributed by atoms with Crippen molar-refractivity contribution in [3.63, 3.8) is 0 Å². The molecule has 2 atom stereocenters. The normalized spacial score (nSPS) is 21.0. The van der Waals surface area contributed by atoms with Gasteiger partial charge in [0.25, 0.3) is 0 Å². The number of nitrogens with two attached hydrogens (primary N) is 1. The molecule has 2 N–H and O–H groups in total. The average Bonchev–Trinajstić information content (AvgIpc) is 2.84. The van der Waals surface area contributed by atoms with Crippen molar-refractivity contribution in [1.82, 2.24) is 0 Å². The van der Waals surface area contributed by atoms with E-state index in [0.29, 0.717) is 10.1 Å². The van der Waals surface area contributed by atoms with Crippen LogP contribution in [-0.4, -0.2) is 21.7 Å². The third-order valence-corrected chi connectivity index (χ3v) is 4.87. The standard InChI is InChI=1S/C16H14N2O2S2/c17-14-13(15(19)20-12-9-5-2-6-10-12)22-16(21)18(14)11-7-3-1-4-8-11/h1-10,13-14H,17H2/t13-,14-/m1/s1. The number of thiocarbonyl (C=S) groups is 1. The highest BCUT2D eigenvalue weighted by atomic mass is 32.2. The molecule has 1 aliphatic rings. The molecule has 1 fully saturated rings. The van der Waals surface area contributed by atoms with Crippen LogP contribution >= 0.6 is 24.0 Å². The number of benzene rings is 2. The number of nitrogens with zero attached hydrogens (tertiary/aromatic N) is 1. The zero-order chi connectivity index (χ0) is 15.5. The molecular weight excluding hydrogens is 316 g/mol. The Kier molecular flexibility index (Phi) is 4.42. The van der Waals surface area contributed by atoms with Crippen LogP contribution < -0.4 is 15.4 Å². The summed E-state index contributed by atoms with van der Waals surface area (Å²) >= 11 is 6.62. The molecule has 6 heteroatoms. The van der Waals surface area contributed by atoms with Gasteiger partial charge >= 0.3 is 5.97 Å². The van der Waals surface area contributed by atoms with E-state index in [2.05, 4.69) is 0 Å². The Hall–Kier alpha value is -1.89. The summed E-state index contributed by atoms with van der Waals surface area (Å²) in [5.74, 6) is 0.119. The van der Waals surface area contributed by atoms with Gasteiger partial charge in [-0.1, -0.05) is 60.4 Å². The Morgan fingerprint density at radius 3 is 2.32 bits per heavy atom. The monoisotopic (exact) mass is 330 g/mol. The van der Waals surface area contributed by atoms with Gasteiger partial charge in [-0.05, 0) is 24.3 Å². The van der Waals surface area contributed by atoms with Crippen LogP contribution in [0.4, 0.5) is 5.69 Å². The van der Waals surface area contributed by atoms with E-state index in [4.69, 9.17) is 22.7 Å². The summed E-state index contributed by atoms with van der Waals surface area (Å²) in [5.41, 5.74) is 7.09. The fourth-order valence-electron chi connectivity index (χ4n) is 2.21. The van der Waals surface area contributed by atoms with Crippen molar-refractivity contribution >= 4 is 40.0 Å². The molecule has 0 spiro atoms. The van der Waals surface area contributed by atoms with E-state index in [1.807, 2.05) is 48.5 Å². The quantitative estimate of drug-likeness (QED) is 0.530. The summed E-state index contributed by atoms with van der Waals surface area (Å²) in [6.45, 7) is 0. The third-order valence-electron chi connectivity index (χ3n) is 3.26. The number of hydrogen-bond acceptors (Lipinski definition) is 5. The SMILES string of the molecule is N[C@H]1[C@H](C(=O)Oc2ccccc2)SC(=S)N1c1ccccc1. The molecule has 1 heterocycles. The van der Waals surface area contributed by atoms with Crippen LogP contribution in [0.3, 0.4) is 0 Å². The minimum absolute atomic E-state index is 0.385. The number of esters is 1. The second kappa shape index (κ2) is 6.48. The molecule has 4 nitrogen and oxygen atoms in total. The smallest absolute Gasteiger partial charge is 0.328 e. The molecule has 112 valence electrons. The molecule has 2 aromatic rings. The zero-order valence-corrected chi connectivity index (χ0v) is 13.2. The number of carbonyl (C=O) groups is 1. The van der Waals surface area contributed by atoms with Gasteiger partial charge in [0, 0.05) is 5.69 Å². The highest BCUT2D eigenvalue weighted by Crippen LogP contribution is 2.34. The van der Waals surface area contributed by atoms with Gasteiger partial charge in [-0.15, -0.1) is 0 Å². The van der Waals surface area contributed by atoms with E-state index < -0.39 is 11.4 Å². The molecule has 0 aliphatic carbocycles. The van der Waals surface area contributed by atoms with E-state index in [-0.39, 0.29) is 5.97 Å². The first kappa shape index (κ1) is 15.0. The van der Waals surface area contributed by atoms with Gasteiger partial charge in [-0.25, -0.2) is 0 Å². The van der Waals surface area contributed by atoms with Crippen LogP contribution in [-0.2, 0) is 4.79 Å². The van der Waals surface area contributed by atoms with E-state index in [9.17, 15) is 4.79 Å². The summed E-state index contributed by atoms with van der Waals surface area (Å²) in [4.78, 5) is 14.1. The second-order valence-corrected chi connectivity index (χ2v) is 6.51. The van der Waals surface area contributed by atoms with E-state index in [1.54, 1.807) is 17.0 Å². The molecule has 2 aromatic carbocycles. The van der Waals surface area contributed by atoms with E-state index in [1.165, 1.54) is 11.8 Å². The predicted molar refractivity (Wildman–Crippen MR) is 93.0 cm³/mol. The van der Waals surface area contributed by atoms with Gasteiger partial charge in [0.2, 0.25) is 0 Å². The summed E-state index contributed by atoms with van der Waals surface area (Å²) in [7, 11) is 0. The van der Waals surface area contributed by atoms with Crippen molar-refractivity contribution in [3.05, 3.63) is 60.7 Å². The number of anilines is 1. The lowest BCUT2D eigenvalue weighted by Crippen LogP contribution is -2.47. The van der Waals surface area contributed by atoms with Crippen LogP contribution in [0.5, 0.6) is 5.75 Å². The second-order valence-electron chi connectivity index (χ2n) is 4.73. The first-order valence-electron chi connectivity index (χ1n) is 6.74. The average molecular weight is 330 g/mol. The van der Waals surface area contributed by atoms with Crippen LogP contribution in [0.25, 0.3) is 0 Å². The maximum atomic E-state index is 12.3. The first-order valence-corrected chi connectivity index (χ1v) is 8.03. The molecule has 1 aliphatic heterocycles. The summed E-state index contributed by atoms with van der Waals surface area (Å²) < 4.78 is 5.95. The maximum absolute atomic E-state index is 12.3. The number of hydrogen-bond donors (Lipinski definition) is 1. The largest absolute Gasteiger partial charge is 0.426 e. The molecule has 1 saturated heterocycles.